The van der Waals surface area contributed by atoms with Gasteiger partial charge in [-0.1, -0.05) is 35.3 Å². The van der Waals surface area contributed by atoms with E-state index in [0.717, 1.165) is 31.5 Å². The number of methoxy groups -OCH3 is 1. The number of carbonyl (C=O) groups excluding carboxylic acids is 2. The fraction of sp³-hybridized carbons (Fsp3) is 0.276. The number of amides is 2. The summed E-state index contributed by atoms with van der Waals surface area (Å²) in [4.78, 5) is 26.6. The van der Waals surface area contributed by atoms with Gasteiger partial charge in [-0.25, -0.2) is 5.43 Å². The van der Waals surface area contributed by atoms with Crippen LogP contribution in [0.15, 0.2) is 65.8 Å². The molecular formula is C29H29Cl2N3O5. The SMILES string of the molecule is COc1cc(/C=N/NC(=O)COc2ccc(Cl)cc2Cl)ccc1OCc1ccc(C(=O)N2CCCCC2)cc1. The molecule has 0 aromatic heterocycles. The second-order valence-corrected chi connectivity index (χ2v) is 9.75. The maximum Gasteiger partial charge on any atom is 0.277 e. The van der Waals surface area contributed by atoms with E-state index in [4.69, 9.17) is 37.4 Å². The standard InChI is InChI=1S/C29H29Cl2N3O5/c1-37-27-15-21(17-32-33-28(35)19-39-25-12-10-23(30)16-24(25)31)7-11-26(27)38-18-20-5-8-22(9-6-20)29(36)34-13-3-2-4-14-34/h5-12,15-17H,2-4,13-14,18-19H2,1H3,(H,33,35)/b32-17+. The Morgan fingerprint density at radius 1 is 0.923 bits per heavy atom. The van der Waals surface area contributed by atoms with Crippen molar-refractivity contribution in [3.8, 4) is 17.2 Å². The Morgan fingerprint density at radius 2 is 1.67 bits per heavy atom. The summed E-state index contributed by atoms with van der Waals surface area (Å²) in [6.45, 7) is 1.70. The largest absolute Gasteiger partial charge is 0.493 e. The van der Waals surface area contributed by atoms with E-state index in [9.17, 15) is 9.59 Å². The highest BCUT2D eigenvalue weighted by atomic mass is 35.5. The van der Waals surface area contributed by atoms with Crippen LogP contribution in [0.1, 0.15) is 40.7 Å². The van der Waals surface area contributed by atoms with Crippen LogP contribution in [0.25, 0.3) is 0 Å². The molecule has 0 bridgehead atoms. The van der Waals surface area contributed by atoms with Crippen molar-refractivity contribution < 1.29 is 23.8 Å². The number of rotatable bonds is 10. The minimum atomic E-state index is -0.451. The van der Waals surface area contributed by atoms with Crippen LogP contribution in [0, 0.1) is 0 Å². The second kappa shape index (κ2) is 13.9. The van der Waals surface area contributed by atoms with E-state index >= 15 is 0 Å². The summed E-state index contributed by atoms with van der Waals surface area (Å²) < 4.78 is 16.8. The first kappa shape index (κ1) is 28.3. The number of piperidine rings is 1. The molecule has 10 heteroatoms. The number of nitrogens with one attached hydrogen (secondary N) is 1. The highest BCUT2D eigenvalue weighted by molar-refractivity contribution is 6.35. The van der Waals surface area contributed by atoms with Crippen LogP contribution in [-0.2, 0) is 11.4 Å². The van der Waals surface area contributed by atoms with Gasteiger partial charge in [0, 0.05) is 23.7 Å². The Morgan fingerprint density at radius 3 is 2.38 bits per heavy atom. The van der Waals surface area contributed by atoms with Crippen LogP contribution in [0.5, 0.6) is 17.2 Å². The van der Waals surface area contributed by atoms with Crippen molar-refractivity contribution in [2.45, 2.75) is 25.9 Å². The Bertz CT molecular complexity index is 1320. The third-order valence-corrected chi connectivity index (χ3v) is 6.61. The molecule has 1 saturated heterocycles. The third-order valence-electron chi connectivity index (χ3n) is 6.08. The molecule has 39 heavy (non-hydrogen) atoms. The summed E-state index contributed by atoms with van der Waals surface area (Å²) in [5, 5.41) is 4.75. The number of halogens is 2. The number of ether oxygens (including phenoxy) is 3. The topological polar surface area (TPSA) is 89.5 Å². The number of likely N-dealkylation sites (tertiary alicyclic amines) is 1. The van der Waals surface area contributed by atoms with Crippen LogP contribution in [0.4, 0.5) is 0 Å². The molecule has 204 valence electrons. The normalized spacial score (nSPS) is 13.3. The van der Waals surface area contributed by atoms with Gasteiger partial charge in [0.25, 0.3) is 11.8 Å². The molecule has 1 N–H and O–H groups in total. The molecular weight excluding hydrogens is 541 g/mol. The van der Waals surface area contributed by atoms with Crippen molar-refractivity contribution in [1.29, 1.82) is 0 Å². The summed E-state index contributed by atoms with van der Waals surface area (Å²) in [5.74, 6) is 1.05. The average Bonchev–Trinajstić information content (AvgIpc) is 2.96. The molecule has 0 spiro atoms. The lowest BCUT2D eigenvalue weighted by Crippen LogP contribution is -2.35. The zero-order valence-electron chi connectivity index (χ0n) is 21.5. The molecule has 0 atom stereocenters. The lowest BCUT2D eigenvalue weighted by Gasteiger charge is -2.26. The first-order chi connectivity index (χ1) is 18.9. The highest BCUT2D eigenvalue weighted by Gasteiger charge is 2.18. The molecule has 4 rings (SSSR count). The van der Waals surface area contributed by atoms with E-state index in [-0.39, 0.29) is 12.5 Å². The summed E-state index contributed by atoms with van der Waals surface area (Å²) in [5.41, 5.74) is 4.72. The number of benzene rings is 3. The highest BCUT2D eigenvalue weighted by Crippen LogP contribution is 2.29. The molecule has 1 aliphatic heterocycles. The van der Waals surface area contributed by atoms with Crippen molar-refractivity contribution in [2.75, 3.05) is 26.8 Å². The molecule has 1 fully saturated rings. The molecule has 0 aliphatic carbocycles. The minimum Gasteiger partial charge on any atom is -0.493 e. The Labute approximate surface area is 237 Å². The van der Waals surface area contributed by atoms with Gasteiger partial charge >= 0.3 is 0 Å². The lowest BCUT2D eigenvalue weighted by molar-refractivity contribution is -0.123. The molecule has 0 saturated carbocycles. The monoisotopic (exact) mass is 569 g/mol. The summed E-state index contributed by atoms with van der Waals surface area (Å²) in [6, 6.07) is 17.5. The molecule has 1 aliphatic rings. The van der Waals surface area contributed by atoms with Gasteiger partial charge in [0.1, 0.15) is 12.4 Å². The van der Waals surface area contributed by atoms with E-state index in [1.54, 1.807) is 37.4 Å². The Hall–Kier alpha value is -3.75. The number of nitrogens with zero attached hydrogens (tertiary/aromatic N) is 2. The number of hydrogen-bond donors (Lipinski definition) is 1. The van der Waals surface area contributed by atoms with Gasteiger partial charge in [-0.15, -0.1) is 0 Å². The van der Waals surface area contributed by atoms with Gasteiger partial charge in [-0.05, 0) is 78.9 Å². The number of hydrogen-bond acceptors (Lipinski definition) is 6. The third kappa shape index (κ3) is 8.12. The van der Waals surface area contributed by atoms with Crippen LogP contribution in [-0.4, -0.2) is 49.7 Å². The predicted molar refractivity (Wildman–Crippen MR) is 151 cm³/mol. The van der Waals surface area contributed by atoms with E-state index in [0.29, 0.717) is 45.0 Å². The zero-order chi connectivity index (χ0) is 27.6. The zero-order valence-corrected chi connectivity index (χ0v) is 23.0. The van der Waals surface area contributed by atoms with Gasteiger partial charge in [0.15, 0.2) is 18.1 Å². The van der Waals surface area contributed by atoms with Crippen LogP contribution < -0.4 is 19.6 Å². The molecule has 8 nitrogen and oxygen atoms in total. The van der Waals surface area contributed by atoms with Gasteiger partial charge in [0.05, 0.1) is 18.3 Å². The van der Waals surface area contributed by atoms with Crippen molar-refractivity contribution in [3.63, 3.8) is 0 Å². The Kier molecular flexibility index (Phi) is 10.1. The van der Waals surface area contributed by atoms with Crippen molar-refractivity contribution >= 4 is 41.2 Å². The summed E-state index contributed by atoms with van der Waals surface area (Å²) in [7, 11) is 1.55. The smallest absolute Gasteiger partial charge is 0.277 e. The predicted octanol–water partition coefficient (Wildman–Crippen LogP) is 5.74. The average molecular weight is 570 g/mol. The molecule has 1 heterocycles. The van der Waals surface area contributed by atoms with Crippen LogP contribution in [0.3, 0.4) is 0 Å². The van der Waals surface area contributed by atoms with Crippen LogP contribution >= 0.6 is 23.2 Å². The molecule has 3 aromatic rings. The molecule has 0 unspecified atom stereocenters. The summed E-state index contributed by atoms with van der Waals surface area (Å²) >= 11 is 11.9. The first-order valence-electron chi connectivity index (χ1n) is 12.5. The van der Waals surface area contributed by atoms with Gasteiger partial charge < -0.3 is 19.1 Å². The maximum atomic E-state index is 12.7. The fourth-order valence-electron chi connectivity index (χ4n) is 4.01. The minimum absolute atomic E-state index is 0.0794. The number of carbonyl (C=O) groups is 2. The maximum absolute atomic E-state index is 12.7. The second-order valence-electron chi connectivity index (χ2n) is 8.91. The van der Waals surface area contributed by atoms with Crippen molar-refractivity contribution in [1.82, 2.24) is 10.3 Å². The summed E-state index contributed by atoms with van der Waals surface area (Å²) in [6.07, 6.45) is 4.80. The lowest BCUT2D eigenvalue weighted by atomic mass is 10.1. The Balaban J connectivity index is 1.27. The van der Waals surface area contributed by atoms with E-state index < -0.39 is 5.91 Å². The van der Waals surface area contributed by atoms with E-state index in [2.05, 4.69) is 10.5 Å². The first-order valence-corrected chi connectivity index (χ1v) is 13.3. The van der Waals surface area contributed by atoms with E-state index in [1.807, 2.05) is 29.2 Å². The molecule has 2 amide bonds. The van der Waals surface area contributed by atoms with Gasteiger partial charge in [-0.3, -0.25) is 9.59 Å². The number of hydrazone groups is 1. The van der Waals surface area contributed by atoms with Crippen LogP contribution in [0.2, 0.25) is 10.0 Å². The van der Waals surface area contributed by atoms with E-state index in [1.165, 1.54) is 18.7 Å². The van der Waals surface area contributed by atoms with Gasteiger partial charge in [0.2, 0.25) is 0 Å². The molecule has 0 radical (unpaired) electrons. The van der Waals surface area contributed by atoms with Crippen molar-refractivity contribution in [2.24, 2.45) is 5.10 Å². The van der Waals surface area contributed by atoms with Crippen molar-refractivity contribution in [3.05, 3.63) is 87.4 Å². The fourth-order valence-corrected chi connectivity index (χ4v) is 4.48. The molecule has 3 aromatic carbocycles. The van der Waals surface area contributed by atoms with Gasteiger partial charge in [-0.2, -0.15) is 5.10 Å². The quantitative estimate of drug-likeness (QED) is 0.248.